The van der Waals surface area contributed by atoms with Crippen LogP contribution in [0.15, 0.2) is 23.9 Å². The highest BCUT2D eigenvalue weighted by atomic mass is 15.2. The van der Waals surface area contributed by atoms with E-state index in [1.807, 2.05) is 0 Å². The molecule has 0 aromatic heterocycles. The molecule has 0 aliphatic rings. The Morgan fingerprint density at radius 1 is 1.31 bits per heavy atom. The van der Waals surface area contributed by atoms with Crippen LogP contribution in [0, 0.1) is 5.41 Å². The van der Waals surface area contributed by atoms with Crippen molar-refractivity contribution in [2.24, 2.45) is 17.2 Å². The van der Waals surface area contributed by atoms with Crippen LogP contribution in [0.5, 0.6) is 0 Å². The number of nitrogens with two attached hydrogens (primary N) is 3. The Morgan fingerprint density at radius 3 is 2.00 bits per heavy atom. The Bertz CT molecular complexity index is 252. The van der Waals surface area contributed by atoms with Crippen molar-refractivity contribution in [3.63, 3.8) is 0 Å². The highest BCUT2D eigenvalue weighted by molar-refractivity contribution is 5.93. The first-order valence-electron chi connectivity index (χ1n) is 3.59. The van der Waals surface area contributed by atoms with Gasteiger partial charge in [-0.3, -0.25) is 5.41 Å². The Kier molecular flexibility index (Phi) is 3.64. The molecule has 0 amide bonds. The first-order valence-corrected chi connectivity index (χ1v) is 3.59. The van der Waals surface area contributed by atoms with Crippen molar-refractivity contribution in [1.82, 2.24) is 10.2 Å². The Morgan fingerprint density at radius 2 is 1.77 bits per heavy atom. The lowest BCUT2D eigenvalue weighted by Gasteiger charge is -2.20. The van der Waals surface area contributed by atoms with Gasteiger partial charge in [0, 0.05) is 14.1 Å². The van der Waals surface area contributed by atoms with Crippen molar-refractivity contribution in [3.05, 3.63) is 23.9 Å². The van der Waals surface area contributed by atoms with Crippen molar-refractivity contribution in [2.45, 2.75) is 0 Å². The first kappa shape index (κ1) is 11.2. The summed E-state index contributed by atoms with van der Waals surface area (Å²) in [5.74, 6) is 0.491. The topological polar surface area (TPSA) is 117 Å². The summed E-state index contributed by atoms with van der Waals surface area (Å²) in [6, 6.07) is 0. The zero-order valence-electron chi connectivity index (χ0n) is 7.89. The zero-order valence-corrected chi connectivity index (χ0v) is 7.89. The van der Waals surface area contributed by atoms with Gasteiger partial charge in [0.2, 0.25) is 0 Å². The molecule has 0 heterocycles. The van der Waals surface area contributed by atoms with E-state index < -0.39 is 0 Å². The molecule has 0 rings (SSSR count). The molecule has 0 saturated heterocycles. The van der Waals surface area contributed by atoms with Crippen LogP contribution in [-0.4, -0.2) is 24.8 Å². The van der Waals surface area contributed by atoms with Crippen LogP contribution in [0.4, 0.5) is 0 Å². The van der Waals surface area contributed by atoms with E-state index in [1.54, 1.807) is 19.0 Å². The summed E-state index contributed by atoms with van der Waals surface area (Å²) in [6.07, 6.45) is 0. The van der Waals surface area contributed by atoms with Gasteiger partial charge in [-0.1, -0.05) is 6.58 Å². The van der Waals surface area contributed by atoms with Crippen molar-refractivity contribution in [1.29, 1.82) is 5.41 Å². The molecule has 0 aliphatic heterocycles. The fraction of sp³-hybridized carbons (Fsp3) is 0.286. The monoisotopic (exact) mass is 184 g/mol. The Balaban J connectivity index is 4.88. The SMILES string of the molecule is C=C(N)NC(=C(N)C(=N)N)N(C)C. The standard InChI is InChI=1S/C7H16N6/c1-4(8)12-7(13(2)3)5(9)6(10)11/h12H,1,8-9H2,2-3H3,(H3,10,11). The molecule has 0 spiro atoms. The second kappa shape index (κ2) is 4.24. The van der Waals surface area contributed by atoms with Crippen LogP contribution in [0.1, 0.15) is 0 Å². The molecule has 6 nitrogen and oxygen atoms in total. The van der Waals surface area contributed by atoms with E-state index in [4.69, 9.17) is 22.6 Å². The number of nitrogens with one attached hydrogen (secondary N) is 2. The summed E-state index contributed by atoms with van der Waals surface area (Å²) in [6.45, 7) is 3.46. The predicted molar refractivity (Wildman–Crippen MR) is 53.3 cm³/mol. The average Bonchev–Trinajstić information content (AvgIpc) is 1.97. The quantitative estimate of drug-likeness (QED) is 0.273. The number of nitrogens with zero attached hydrogens (tertiary/aromatic N) is 1. The summed E-state index contributed by atoms with van der Waals surface area (Å²) in [7, 11) is 3.50. The minimum absolute atomic E-state index is 0.136. The van der Waals surface area contributed by atoms with E-state index in [1.165, 1.54) is 0 Å². The number of amidine groups is 1. The fourth-order valence-electron chi connectivity index (χ4n) is 0.700. The first-order chi connectivity index (χ1) is 5.86. The maximum atomic E-state index is 7.13. The smallest absolute Gasteiger partial charge is 0.142 e. The van der Waals surface area contributed by atoms with Crippen LogP contribution >= 0.6 is 0 Å². The maximum Gasteiger partial charge on any atom is 0.142 e. The molecule has 0 atom stereocenters. The van der Waals surface area contributed by atoms with Gasteiger partial charge in [-0.15, -0.1) is 0 Å². The molecule has 0 aliphatic carbocycles. The van der Waals surface area contributed by atoms with Gasteiger partial charge >= 0.3 is 0 Å². The number of rotatable bonds is 4. The van der Waals surface area contributed by atoms with Gasteiger partial charge in [0.15, 0.2) is 0 Å². The third-order valence-corrected chi connectivity index (χ3v) is 1.27. The zero-order chi connectivity index (χ0) is 10.6. The average molecular weight is 184 g/mol. The summed E-state index contributed by atoms with van der Waals surface area (Å²) in [5, 5.41) is 9.83. The minimum Gasteiger partial charge on any atom is -0.393 e. The molecule has 0 aromatic carbocycles. The molecule has 0 aromatic rings. The van der Waals surface area contributed by atoms with Gasteiger partial charge in [0.25, 0.3) is 0 Å². The second-order valence-corrected chi connectivity index (χ2v) is 2.72. The van der Waals surface area contributed by atoms with Crippen LogP contribution in [0.3, 0.4) is 0 Å². The van der Waals surface area contributed by atoms with Crippen LogP contribution < -0.4 is 22.5 Å². The van der Waals surface area contributed by atoms with Gasteiger partial charge in [0.1, 0.15) is 17.4 Å². The van der Waals surface area contributed by atoms with Crippen molar-refractivity contribution < 1.29 is 0 Å². The van der Waals surface area contributed by atoms with E-state index in [2.05, 4.69) is 11.9 Å². The molecule has 74 valence electrons. The molecular weight excluding hydrogens is 168 g/mol. The van der Waals surface area contributed by atoms with Gasteiger partial charge in [-0.25, -0.2) is 0 Å². The van der Waals surface area contributed by atoms with Crippen molar-refractivity contribution in [3.8, 4) is 0 Å². The number of hydrogen-bond donors (Lipinski definition) is 5. The maximum absolute atomic E-state index is 7.13. The van der Waals surface area contributed by atoms with E-state index in [0.717, 1.165) is 0 Å². The van der Waals surface area contributed by atoms with Crippen LogP contribution in [0.25, 0.3) is 0 Å². The molecule has 13 heavy (non-hydrogen) atoms. The van der Waals surface area contributed by atoms with Crippen LogP contribution in [0.2, 0.25) is 0 Å². The molecule has 6 heteroatoms. The van der Waals surface area contributed by atoms with Gasteiger partial charge in [0.05, 0.1) is 5.82 Å². The minimum atomic E-state index is -0.211. The van der Waals surface area contributed by atoms with Crippen molar-refractivity contribution >= 4 is 5.84 Å². The lowest BCUT2D eigenvalue weighted by molar-refractivity contribution is 0.471. The second-order valence-electron chi connectivity index (χ2n) is 2.72. The summed E-state index contributed by atoms with van der Waals surface area (Å²) < 4.78 is 0. The van der Waals surface area contributed by atoms with Gasteiger partial charge < -0.3 is 27.4 Å². The number of hydrogen-bond acceptors (Lipinski definition) is 5. The van der Waals surface area contributed by atoms with Gasteiger partial charge in [-0.2, -0.15) is 0 Å². The van der Waals surface area contributed by atoms with E-state index in [-0.39, 0.29) is 17.4 Å². The van der Waals surface area contributed by atoms with E-state index >= 15 is 0 Å². The summed E-state index contributed by atoms with van der Waals surface area (Å²) in [4.78, 5) is 1.66. The molecule has 0 radical (unpaired) electrons. The van der Waals surface area contributed by atoms with Crippen molar-refractivity contribution in [2.75, 3.05) is 14.1 Å². The molecule has 0 saturated carbocycles. The molecular formula is C7H16N6. The largest absolute Gasteiger partial charge is 0.393 e. The summed E-state index contributed by atoms with van der Waals surface area (Å²) in [5.41, 5.74) is 16.2. The third-order valence-electron chi connectivity index (χ3n) is 1.27. The van der Waals surface area contributed by atoms with E-state index in [0.29, 0.717) is 5.82 Å². The predicted octanol–water partition coefficient (Wildman–Crippen LogP) is -1.37. The molecule has 0 bridgehead atoms. The third kappa shape index (κ3) is 3.37. The van der Waals surface area contributed by atoms with Gasteiger partial charge in [-0.05, 0) is 0 Å². The van der Waals surface area contributed by atoms with E-state index in [9.17, 15) is 0 Å². The highest BCUT2D eigenvalue weighted by Gasteiger charge is 2.07. The normalized spacial score (nSPS) is 11.5. The van der Waals surface area contributed by atoms with Crippen LogP contribution in [-0.2, 0) is 0 Å². The highest BCUT2D eigenvalue weighted by Crippen LogP contribution is 1.98. The lowest BCUT2D eigenvalue weighted by atomic mass is 10.4. The molecule has 8 N–H and O–H groups in total. The Hall–Kier alpha value is -1.85. The Labute approximate surface area is 77.6 Å². The summed E-state index contributed by atoms with van der Waals surface area (Å²) >= 11 is 0. The molecule has 0 fully saturated rings. The lowest BCUT2D eigenvalue weighted by Crippen LogP contribution is -2.35. The molecule has 0 unspecified atom stereocenters. The fourth-order valence-corrected chi connectivity index (χ4v) is 0.700.